The summed E-state index contributed by atoms with van der Waals surface area (Å²) in [5, 5.41) is 0. The third-order valence-corrected chi connectivity index (χ3v) is 2.20. The summed E-state index contributed by atoms with van der Waals surface area (Å²) in [6.45, 7) is 9.08. The number of hydrogen-bond donors (Lipinski definition) is 1. The monoisotopic (exact) mass is 242 g/mol. The van der Waals surface area contributed by atoms with Gasteiger partial charge in [0.15, 0.2) is 0 Å². The van der Waals surface area contributed by atoms with Crippen LogP contribution in [0, 0.1) is 0 Å². The summed E-state index contributed by atoms with van der Waals surface area (Å²) >= 11 is 0. The van der Waals surface area contributed by atoms with E-state index in [9.17, 15) is 0 Å². The number of hydrogen-bond acceptors (Lipinski definition) is 4. The van der Waals surface area contributed by atoms with E-state index in [4.69, 9.17) is 14.2 Å². The molecule has 0 saturated heterocycles. The lowest BCUT2D eigenvalue weighted by Gasteiger charge is -2.09. The van der Waals surface area contributed by atoms with E-state index in [0.717, 1.165) is 12.8 Å². The molecule has 1 aromatic rings. The highest BCUT2D eigenvalue weighted by Gasteiger charge is 2.15. The van der Waals surface area contributed by atoms with E-state index < -0.39 is 0 Å². The minimum Gasteiger partial charge on any atom is -0.475 e. The maximum atomic E-state index is 5.64. The smallest absolute Gasteiger partial charge is 0.300 e. The molecule has 5 nitrogen and oxygen atoms in total. The zero-order valence-electron chi connectivity index (χ0n) is 11.1. The number of H-pyrrole nitrogens is 1. The molecule has 1 unspecified atom stereocenters. The zero-order valence-corrected chi connectivity index (χ0v) is 11.1. The molecule has 1 heterocycles. The van der Waals surface area contributed by atoms with Gasteiger partial charge in [0.25, 0.3) is 17.8 Å². The fourth-order valence-corrected chi connectivity index (χ4v) is 1.51. The van der Waals surface area contributed by atoms with E-state index in [0.29, 0.717) is 31.0 Å². The van der Waals surface area contributed by atoms with E-state index in [-0.39, 0.29) is 6.10 Å². The highest BCUT2D eigenvalue weighted by molar-refractivity contribution is 5.29. The van der Waals surface area contributed by atoms with Gasteiger partial charge in [-0.1, -0.05) is 13.3 Å². The molecule has 0 aliphatic heterocycles. The summed E-state index contributed by atoms with van der Waals surface area (Å²) in [6, 6.07) is 0.456. The third kappa shape index (κ3) is 4.17. The van der Waals surface area contributed by atoms with Crippen LogP contribution in [0.4, 0.5) is 0 Å². The minimum absolute atomic E-state index is 0.134. The second kappa shape index (κ2) is 7.04. The van der Waals surface area contributed by atoms with Gasteiger partial charge in [0.05, 0.1) is 19.3 Å². The molecule has 0 bridgehead atoms. The molecule has 17 heavy (non-hydrogen) atoms. The number of imidazole rings is 1. The Balaban J connectivity index is 2.69. The van der Waals surface area contributed by atoms with Crippen molar-refractivity contribution in [3.63, 3.8) is 0 Å². The first-order chi connectivity index (χ1) is 8.21. The van der Waals surface area contributed by atoms with E-state index in [1.54, 1.807) is 0 Å². The second-order valence-corrected chi connectivity index (χ2v) is 3.76. The lowest BCUT2D eigenvalue weighted by atomic mass is 10.2. The van der Waals surface area contributed by atoms with Crippen LogP contribution in [0.2, 0.25) is 0 Å². The highest BCUT2D eigenvalue weighted by Crippen LogP contribution is 2.27. The maximum Gasteiger partial charge on any atom is 0.300 e. The van der Waals surface area contributed by atoms with Crippen molar-refractivity contribution >= 4 is 0 Å². The Morgan fingerprint density at radius 3 is 2.47 bits per heavy atom. The molecule has 0 amide bonds. The Hall–Kier alpha value is -1.39. The van der Waals surface area contributed by atoms with Gasteiger partial charge in [-0.15, -0.1) is 0 Å². The number of aromatic nitrogens is 2. The van der Waals surface area contributed by atoms with Gasteiger partial charge in [0, 0.05) is 0 Å². The molecule has 0 aliphatic rings. The zero-order chi connectivity index (χ0) is 12.7. The molecule has 1 aromatic heterocycles. The van der Waals surface area contributed by atoms with Crippen molar-refractivity contribution in [3.8, 4) is 17.8 Å². The van der Waals surface area contributed by atoms with Crippen molar-refractivity contribution < 1.29 is 14.2 Å². The third-order valence-electron chi connectivity index (χ3n) is 2.20. The summed E-state index contributed by atoms with van der Waals surface area (Å²) in [4.78, 5) is 7.19. The van der Waals surface area contributed by atoms with Crippen LogP contribution in [-0.2, 0) is 0 Å². The van der Waals surface area contributed by atoms with Gasteiger partial charge in [0.2, 0.25) is 0 Å². The Labute approximate surface area is 102 Å². The van der Waals surface area contributed by atoms with Gasteiger partial charge in [0.1, 0.15) is 0 Å². The van der Waals surface area contributed by atoms with Crippen molar-refractivity contribution in [1.82, 2.24) is 9.97 Å². The molecule has 5 heteroatoms. The van der Waals surface area contributed by atoms with E-state index in [1.807, 2.05) is 20.8 Å². The van der Waals surface area contributed by atoms with Crippen LogP contribution >= 0.6 is 0 Å². The molecule has 98 valence electrons. The Kier molecular flexibility index (Phi) is 5.66. The molecule has 0 radical (unpaired) electrons. The SMILES string of the molecule is CCCC(C)Oc1nc(OCC)c(OCC)[nH]1. The van der Waals surface area contributed by atoms with Crippen molar-refractivity contribution in [3.05, 3.63) is 0 Å². The fraction of sp³-hybridized carbons (Fsp3) is 0.750. The van der Waals surface area contributed by atoms with Gasteiger partial charge >= 0.3 is 0 Å². The summed E-state index contributed by atoms with van der Waals surface area (Å²) in [5.74, 6) is 1.00. The quantitative estimate of drug-likeness (QED) is 0.761. The average molecular weight is 242 g/mol. The second-order valence-electron chi connectivity index (χ2n) is 3.76. The molecular formula is C12H22N2O3. The van der Waals surface area contributed by atoms with E-state index in [1.165, 1.54) is 0 Å². The first-order valence-electron chi connectivity index (χ1n) is 6.23. The van der Waals surface area contributed by atoms with Gasteiger partial charge in [-0.2, -0.15) is 4.98 Å². The summed E-state index contributed by atoms with van der Waals surface area (Å²) in [7, 11) is 0. The molecule has 0 saturated carbocycles. The molecule has 0 aliphatic carbocycles. The average Bonchev–Trinajstić information content (AvgIpc) is 2.62. The normalized spacial score (nSPS) is 12.2. The first-order valence-corrected chi connectivity index (χ1v) is 6.23. The minimum atomic E-state index is 0.134. The van der Waals surface area contributed by atoms with Crippen molar-refractivity contribution in [2.24, 2.45) is 0 Å². The molecule has 1 rings (SSSR count). The number of nitrogens with zero attached hydrogens (tertiary/aromatic N) is 1. The summed E-state index contributed by atoms with van der Waals surface area (Å²) < 4.78 is 16.4. The predicted octanol–water partition coefficient (Wildman–Crippen LogP) is 2.77. The maximum absolute atomic E-state index is 5.64. The topological polar surface area (TPSA) is 56.4 Å². The van der Waals surface area contributed by atoms with Crippen LogP contribution in [-0.4, -0.2) is 29.3 Å². The lowest BCUT2D eigenvalue weighted by Crippen LogP contribution is -2.11. The fourth-order valence-electron chi connectivity index (χ4n) is 1.51. The number of ether oxygens (including phenoxy) is 3. The molecule has 1 N–H and O–H groups in total. The first kappa shape index (κ1) is 13.7. The Bertz CT molecular complexity index is 302. The van der Waals surface area contributed by atoms with E-state index >= 15 is 0 Å². The standard InChI is InChI=1S/C12H22N2O3/c1-5-8-9(4)17-12-13-10(15-6-2)11(14-12)16-7-3/h9H,5-8H2,1-4H3,(H,13,14). The Morgan fingerprint density at radius 1 is 1.18 bits per heavy atom. The largest absolute Gasteiger partial charge is 0.475 e. The number of nitrogens with one attached hydrogen (secondary N) is 1. The van der Waals surface area contributed by atoms with Gasteiger partial charge in [-0.3, -0.25) is 4.98 Å². The van der Waals surface area contributed by atoms with Crippen LogP contribution in [0.1, 0.15) is 40.5 Å². The summed E-state index contributed by atoms with van der Waals surface area (Å²) in [6.07, 6.45) is 2.21. The molecular weight excluding hydrogens is 220 g/mol. The molecule has 0 spiro atoms. The van der Waals surface area contributed by atoms with Crippen LogP contribution in [0.5, 0.6) is 17.8 Å². The molecule has 0 fully saturated rings. The van der Waals surface area contributed by atoms with Crippen molar-refractivity contribution in [1.29, 1.82) is 0 Å². The summed E-state index contributed by atoms with van der Waals surface area (Å²) in [5.41, 5.74) is 0. The Morgan fingerprint density at radius 2 is 1.88 bits per heavy atom. The molecule has 0 aromatic carbocycles. The van der Waals surface area contributed by atoms with Gasteiger partial charge in [-0.25, -0.2) is 0 Å². The highest BCUT2D eigenvalue weighted by atomic mass is 16.5. The molecule has 1 atom stereocenters. The van der Waals surface area contributed by atoms with Crippen molar-refractivity contribution in [2.45, 2.75) is 46.6 Å². The van der Waals surface area contributed by atoms with Gasteiger partial charge < -0.3 is 14.2 Å². The van der Waals surface area contributed by atoms with Gasteiger partial charge in [-0.05, 0) is 27.2 Å². The van der Waals surface area contributed by atoms with Crippen LogP contribution in [0.15, 0.2) is 0 Å². The number of aromatic amines is 1. The van der Waals surface area contributed by atoms with Crippen LogP contribution in [0.3, 0.4) is 0 Å². The lowest BCUT2D eigenvalue weighted by molar-refractivity contribution is 0.192. The van der Waals surface area contributed by atoms with E-state index in [2.05, 4.69) is 16.9 Å². The van der Waals surface area contributed by atoms with Crippen molar-refractivity contribution in [2.75, 3.05) is 13.2 Å². The van der Waals surface area contributed by atoms with Crippen LogP contribution < -0.4 is 14.2 Å². The van der Waals surface area contributed by atoms with Crippen LogP contribution in [0.25, 0.3) is 0 Å². The number of rotatable bonds is 8. The predicted molar refractivity (Wildman–Crippen MR) is 65.9 cm³/mol.